The van der Waals surface area contributed by atoms with Crippen molar-refractivity contribution in [3.8, 4) is 0 Å². The molecule has 1 N–H and O–H groups in total. The molecule has 0 aliphatic carbocycles. The van der Waals surface area contributed by atoms with E-state index in [1.807, 2.05) is 60.7 Å². The predicted octanol–water partition coefficient (Wildman–Crippen LogP) is 3.88. The summed E-state index contributed by atoms with van der Waals surface area (Å²) >= 11 is 0. The molecule has 3 aromatic carbocycles. The van der Waals surface area contributed by atoms with Gasteiger partial charge in [-0.15, -0.1) is 0 Å². The lowest BCUT2D eigenvalue weighted by Gasteiger charge is -2.21. The topological polar surface area (TPSA) is 49.4 Å². The molecule has 1 atom stereocenters. The number of anilines is 1. The fourth-order valence-corrected chi connectivity index (χ4v) is 3.77. The van der Waals surface area contributed by atoms with E-state index in [1.165, 1.54) is 17.0 Å². The number of halogens is 1. The van der Waals surface area contributed by atoms with Crippen LogP contribution in [0, 0.1) is 5.82 Å². The molecule has 0 radical (unpaired) electrons. The van der Waals surface area contributed by atoms with Crippen LogP contribution in [-0.2, 0) is 9.59 Å². The van der Waals surface area contributed by atoms with Crippen LogP contribution in [0.4, 0.5) is 10.1 Å². The summed E-state index contributed by atoms with van der Waals surface area (Å²) in [5.41, 5.74) is 2.29. The van der Waals surface area contributed by atoms with Crippen LogP contribution in [0.1, 0.15) is 23.5 Å². The van der Waals surface area contributed by atoms with E-state index < -0.39 is 11.7 Å². The summed E-state index contributed by atoms with van der Waals surface area (Å²) in [6, 6.07) is 24.8. The minimum Gasteiger partial charge on any atom is -0.350 e. The normalized spacial score (nSPS) is 16.3. The molecule has 1 aliphatic rings. The van der Waals surface area contributed by atoms with E-state index in [4.69, 9.17) is 0 Å². The number of rotatable bonds is 5. The van der Waals surface area contributed by atoms with Crippen LogP contribution in [0.5, 0.6) is 0 Å². The van der Waals surface area contributed by atoms with Crippen molar-refractivity contribution in [1.29, 1.82) is 0 Å². The van der Waals surface area contributed by atoms with Gasteiger partial charge in [0, 0.05) is 18.7 Å². The Kier molecular flexibility index (Phi) is 5.38. The highest BCUT2D eigenvalue weighted by Gasteiger charge is 2.33. The summed E-state index contributed by atoms with van der Waals surface area (Å²) in [5.74, 6) is -1.13. The monoisotopic (exact) mass is 388 g/mol. The van der Waals surface area contributed by atoms with Gasteiger partial charge in [-0.2, -0.15) is 0 Å². The second-order valence-corrected chi connectivity index (χ2v) is 7.15. The van der Waals surface area contributed by atoms with Crippen molar-refractivity contribution in [1.82, 2.24) is 5.32 Å². The molecular weight excluding hydrogens is 367 g/mol. The number of amides is 2. The van der Waals surface area contributed by atoms with E-state index in [-0.39, 0.29) is 24.3 Å². The Morgan fingerprint density at radius 2 is 1.55 bits per heavy atom. The first kappa shape index (κ1) is 18.9. The molecule has 146 valence electrons. The maximum absolute atomic E-state index is 13.5. The number of carbonyl (C=O) groups excluding carboxylic acids is 2. The highest BCUT2D eigenvalue weighted by molar-refractivity contribution is 5.97. The van der Waals surface area contributed by atoms with E-state index in [2.05, 4.69) is 5.32 Å². The Balaban J connectivity index is 1.53. The molecule has 4 nitrogen and oxygen atoms in total. The van der Waals surface area contributed by atoms with Crippen molar-refractivity contribution in [2.24, 2.45) is 0 Å². The number of nitrogens with one attached hydrogen (secondary N) is 1. The van der Waals surface area contributed by atoms with Crippen molar-refractivity contribution < 1.29 is 14.0 Å². The van der Waals surface area contributed by atoms with Crippen LogP contribution in [0.15, 0.2) is 84.9 Å². The summed E-state index contributed by atoms with van der Waals surface area (Å²) in [5, 5.41) is 3.03. The second kappa shape index (κ2) is 8.27. The van der Waals surface area contributed by atoms with Gasteiger partial charge in [0.15, 0.2) is 0 Å². The summed E-state index contributed by atoms with van der Waals surface area (Å²) in [7, 11) is 0. The maximum atomic E-state index is 13.5. The number of hydrogen-bond acceptors (Lipinski definition) is 2. The number of hydrogen-bond donors (Lipinski definition) is 1. The van der Waals surface area contributed by atoms with E-state index in [1.54, 1.807) is 12.1 Å². The van der Waals surface area contributed by atoms with Crippen molar-refractivity contribution in [2.75, 3.05) is 11.4 Å². The van der Waals surface area contributed by atoms with Gasteiger partial charge >= 0.3 is 0 Å². The lowest BCUT2D eigenvalue weighted by atomic mass is 9.90. The first-order valence-electron chi connectivity index (χ1n) is 9.58. The third kappa shape index (κ3) is 4.19. The summed E-state index contributed by atoms with van der Waals surface area (Å²) in [6.07, 6.45) is 0.193. The van der Waals surface area contributed by atoms with Gasteiger partial charge in [-0.1, -0.05) is 66.7 Å². The van der Waals surface area contributed by atoms with Gasteiger partial charge in [0.25, 0.3) is 0 Å². The third-order valence-electron chi connectivity index (χ3n) is 5.12. The smallest absolute Gasteiger partial charge is 0.232 e. The van der Waals surface area contributed by atoms with E-state index in [9.17, 15) is 14.0 Å². The zero-order valence-electron chi connectivity index (χ0n) is 15.8. The number of carbonyl (C=O) groups is 2. The largest absolute Gasteiger partial charge is 0.350 e. The summed E-state index contributed by atoms with van der Waals surface area (Å²) in [6.45, 7) is 0.324. The minimum absolute atomic E-state index is 0.128. The fourth-order valence-electron chi connectivity index (χ4n) is 3.77. The van der Waals surface area contributed by atoms with Crippen LogP contribution in [-0.4, -0.2) is 24.4 Å². The molecule has 5 heteroatoms. The van der Waals surface area contributed by atoms with Gasteiger partial charge in [-0.05, 0) is 29.3 Å². The molecule has 0 unspecified atom stereocenters. The maximum Gasteiger partial charge on any atom is 0.232 e. The third-order valence-corrected chi connectivity index (χ3v) is 5.12. The molecule has 1 aliphatic heterocycles. The highest BCUT2D eigenvalue weighted by Crippen LogP contribution is 2.27. The van der Waals surface area contributed by atoms with Gasteiger partial charge in [-0.25, -0.2) is 4.39 Å². The molecule has 1 fully saturated rings. The average molecular weight is 388 g/mol. The minimum atomic E-state index is -0.462. The van der Waals surface area contributed by atoms with E-state index in [0.717, 1.165) is 11.1 Å². The Labute approximate surface area is 169 Å². The molecule has 29 heavy (non-hydrogen) atoms. The van der Waals surface area contributed by atoms with Gasteiger partial charge in [0.2, 0.25) is 11.8 Å². The van der Waals surface area contributed by atoms with E-state index in [0.29, 0.717) is 12.2 Å². The molecule has 1 saturated heterocycles. The molecule has 4 rings (SSSR count). The molecular formula is C24H21FN2O2. The van der Waals surface area contributed by atoms with Crippen LogP contribution in [0.3, 0.4) is 0 Å². The Bertz CT molecular complexity index is 968. The number of benzene rings is 3. The standard InChI is InChI=1S/C24H21FN2O2/c25-19-12-7-13-21(14-19)27-16-20(15-22(27)28)26-24(29)23(17-8-3-1-4-9-17)18-10-5-2-6-11-18/h1-14,20,23H,15-16H2,(H,26,29)/t20-/m1/s1. The van der Waals surface area contributed by atoms with Crippen LogP contribution in [0.2, 0.25) is 0 Å². The predicted molar refractivity (Wildman–Crippen MR) is 110 cm³/mol. The van der Waals surface area contributed by atoms with Crippen molar-refractivity contribution in [3.63, 3.8) is 0 Å². The van der Waals surface area contributed by atoms with Crippen molar-refractivity contribution in [3.05, 3.63) is 102 Å². The average Bonchev–Trinajstić information content (AvgIpc) is 3.10. The number of nitrogens with zero attached hydrogens (tertiary/aromatic N) is 1. The zero-order valence-corrected chi connectivity index (χ0v) is 15.8. The van der Waals surface area contributed by atoms with Crippen LogP contribution < -0.4 is 10.2 Å². The molecule has 0 saturated carbocycles. The summed E-state index contributed by atoms with van der Waals surface area (Å²) in [4.78, 5) is 27.2. The Hall–Kier alpha value is -3.47. The van der Waals surface area contributed by atoms with E-state index >= 15 is 0 Å². The molecule has 0 bridgehead atoms. The first-order valence-corrected chi connectivity index (χ1v) is 9.58. The molecule has 1 heterocycles. The lowest BCUT2D eigenvalue weighted by Crippen LogP contribution is -2.40. The second-order valence-electron chi connectivity index (χ2n) is 7.15. The van der Waals surface area contributed by atoms with Gasteiger partial charge < -0.3 is 10.2 Å². The molecule has 3 aromatic rings. The SMILES string of the molecule is O=C(N[C@@H]1CC(=O)N(c2cccc(F)c2)C1)C(c1ccccc1)c1ccccc1. The molecule has 2 amide bonds. The highest BCUT2D eigenvalue weighted by atomic mass is 19.1. The van der Waals surface area contributed by atoms with Gasteiger partial charge in [-0.3, -0.25) is 9.59 Å². The molecule has 0 spiro atoms. The lowest BCUT2D eigenvalue weighted by molar-refractivity contribution is -0.122. The Morgan fingerprint density at radius 1 is 0.931 bits per heavy atom. The van der Waals surface area contributed by atoms with Crippen LogP contribution in [0.25, 0.3) is 0 Å². The van der Waals surface area contributed by atoms with Crippen molar-refractivity contribution in [2.45, 2.75) is 18.4 Å². The van der Waals surface area contributed by atoms with Gasteiger partial charge in [0.1, 0.15) is 5.82 Å². The first-order chi connectivity index (χ1) is 14.1. The zero-order chi connectivity index (χ0) is 20.2. The Morgan fingerprint density at radius 3 is 2.14 bits per heavy atom. The van der Waals surface area contributed by atoms with Crippen LogP contribution >= 0.6 is 0 Å². The molecule has 0 aromatic heterocycles. The quantitative estimate of drug-likeness (QED) is 0.721. The fraction of sp³-hybridized carbons (Fsp3) is 0.167. The van der Waals surface area contributed by atoms with Gasteiger partial charge in [0.05, 0.1) is 12.0 Å². The summed E-state index contributed by atoms with van der Waals surface area (Å²) < 4.78 is 13.5. The van der Waals surface area contributed by atoms with Crippen molar-refractivity contribution >= 4 is 17.5 Å².